The Labute approximate surface area is 51.7 Å². The van der Waals surface area contributed by atoms with Crippen LogP contribution >= 0.6 is 24.0 Å². The lowest BCUT2D eigenvalue weighted by atomic mass is 10.9. The fourth-order valence-electron chi connectivity index (χ4n) is 0.103. The maximum absolute atomic E-state index is 7.93. The molecular formula is C3H4N2S2. The molecule has 0 heterocycles. The molecular weight excluding hydrogens is 128 g/mol. The van der Waals surface area contributed by atoms with Gasteiger partial charge in [-0.1, -0.05) is 24.0 Å². The second-order valence-corrected chi connectivity index (χ2v) is 2.48. The molecule has 0 spiro atoms. The Kier molecular flexibility index (Phi) is 3.75. The van der Waals surface area contributed by atoms with Crippen LogP contribution in [0, 0.1) is 11.3 Å². The Bertz CT molecular complexity index is 104. The summed E-state index contributed by atoms with van der Waals surface area (Å²) in [5.74, 6) is 0.356. The summed E-state index contributed by atoms with van der Waals surface area (Å²) in [7, 11) is 0. The van der Waals surface area contributed by atoms with Crippen molar-refractivity contribution in [2.75, 3.05) is 5.75 Å². The van der Waals surface area contributed by atoms with Gasteiger partial charge < -0.3 is 5.73 Å². The van der Waals surface area contributed by atoms with Gasteiger partial charge in [-0.05, 0) is 0 Å². The van der Waals surface area contributed by atoms with E-state index in [-0.39, 0.29) is 0 Å². The first-order valence-corrected chi connectivity index (χ1v) is 2.96. The minimum absolute atomic E-state index is 0.335. The molecule has 0 bridgehead atoms. The van der Waals surface area contributed by atoms with Crippen molar-refractivity contribution >= 4 is 28.3 Å². The van der Waals surface area contributed by atoms with Gasteiger partial charge in [0.25, 0.3) is 0 Å². The maximum atomic E-state index is 7.93. The third-order valence-electron chi connectivity index (χ3n) is 0.279. The van der Waals surface area contributed by atoms with Gasteiger partial charge in [-0.25, -0.2) is 0 Å². The molecule has 0 unspecified atom stereocenters. The van der Waals surface area contributed by atoms with Gasteiger partial charge in [-0.3, -0.25) is 0 Å². The van der Waals surface area contributed by atoms with Crippen LogP contribution in [0.1, 0.15) is 0 Å². The van der Waals surface area contributed by atoms with E-state index in [1.54, 1.807) is 0 Å². The maximum Gasteiger partial charge on any atom is 0.132 e. The predicted molar refractivity (Wildman–Crippen MR) is 34.9 cm³/mol. The van der Waals surface area contributed by atoms with E-state index in [9.17, 15) is 0 Å². The number of rotatable bonds is 1. The second kappa shape index (κ2) is 3.90. The molecule has 0 aromatic carbocycles. The van der Waals surface area contributed by atoms with Crippen LogP contribution in [0.2, 0.25) is 0 Å². The van der Waals surface area contributed by atoms with Gasteiger partial charge >= 0.3 is 0 Å². The zero-order valence-electron chi connectivity index (χ0n) is 3.55. The van der Waals surface area contributed by atoms with Gasteiger partial charge in [0.15, 0.2) is 0 Å². The van der Waals surface area contributed by atoms with Gasteiger partial charge in [0.05, 0.1) is 11.8 Å². The van der Waals surface area contributed by atoms with Crippen molar-refractivity contribution in [1.82, 2.24) is 0 Å². The number of thioether (sulfide) groups is 1. The summed E-state index contributed by atoms with van der Waals surface area (Å²) < 4.78 is 0.335. The third kappa shape index (κ3) is 5.73. The molecule has 0 saturated heterocycles. The average Bonchev–Trinajstić information content (AvgIpc) is 1.61. The van der Waals surface area contributed by atoms with Gasteiger partial charge in [0.2, 0.25) is 0 Å². The molecule has 0 aliphatic rings. The number of nitriles is 1. The number of hydrogen-bond donors (Lipinski definition) is 1. The Morgan fingerprint density at radius 2 is 2.57 bits per heavy atom. The van der Waals surface area contributed by atoms with Crippen molar-refractivity contribution in [2.45, 2.75) is 0 Å². The molecule has 0 aromatic rings. The molecule has 0 aliphatic heterocycles. The van der Waals surface area contributed by atoms with Crippen LogP contribution in [-0.2, 0) is 0 Å². The number of thiocarbonyl (C=S) groups is 1. The van der Waals surface area contributed by atoms with Crippen LogP contribution in [0.15, 0.2) is 0 Å². The number of nitrogens with zero attached hydrogens (tertiary/aromatic N) is 1. The molecule has 4 heteroatoms. The Balaban J connectivity index is 3.02. The van der Waals surface area contributed by atoms with Crippen molar-refractivity contribution in [3.05, 3.63) is 0 Å². The van der Waals surface area contributed by atoms with E-state index < -0.39 is 0 Å². The Hall–Kier alpha value is -0.270. The van der Waals surface area contributed by atoms with Crippen LogP contribution < -0.4 is 5.73 Å². The zero-order valence-corrected chi connectivity index (χ0v) is 5.18. The van der Waals surface area contributed by atoms with E-state index in [1.807, 2.05) is 6.07 Å². The van der Waals surface area contributed by atoms with Crippen molar-refractivity contribution < 1.29 is 0 Å². The summed E-state index contributed by atoms with van der Waals surface area (Å²) in [5.41, 5.74) is 5.02. The Morgan fingerprint density at radius 1 is 2.00 bits per heavy atom. The van der Waals surface area contributed by atoms with Gasteiger partial charge in [-0.2, -0.15) is 5.26 Å². The second-order valence-electron chi connectivity index (χ2n) is 0.766. The van der Waals surface area contributed by atoms with Crippen LogP contribution in [0.5, 0.6) is 0 Å². The first-order chi connectivity index (χ1) is 3.27. The van der Waals surface area contributed by atoms with E-state index in [0.29, 0.717) is 10.1 Å². The lowest BCUT2D eigenvalue weighted by molar-refractivity contribution is 1.50. The highest BCUT2D eigenvalue weighted by molar-refractivity contribution is 8.23. The summed E-state index contributed by atoms with van der Waals surface area (Å²) in [4.78, 5) is 0. The minimum atomic E-state index is 0.335. The highest BCUT2D eigenvalue weighted by atomic mass is 32.2. The molecule has 0 radical (unpaired) electrons. The quantitative estimate of drug-likeness (QED) is 0.527. The van der Waals surface area contributed by atoms with Crippen molar-refractivity contribution in [1.29, 1.82) is 5.26 Å². The molecule has 38 valence electrons. The molecule has 0 rings (SSSR count). The first-order valence-electron chi connectivity index (χ1n) is 1.56. The molecule has 0 aliphatic carbocycles. The van der Waals surface area contributed by atoms with Gasteiger partial charge in [-0.15, -0.1) is 0 Å². The fourth-order valence-corrected chi connectivity index (χ4v) is 0.487. The van der Waals surface area contributed by atoms with Crippen molar-refractivity contribution in [2.24, 2.45) is 5.73 Å². The predicted octanol–water partition coefficient (Wildman–Crippen LogP) is 0.487. The summed E-state index contributed by atoms with van der Waals surface area (Å²) in [6, 6.07) is 1.89. The molecule has 0 fully saturated rings. The molecule has 0 amide bonds. The van der Waals surface area contributed by atoms with Gasteiger partial charge in [0.1, 0.15) is 4.32 Å². The topological polar surface area (TPSA) is 49.8 Å². The van der Waals surface area contributed by atoms with Crippen LogP contribution in [0.4, 0.5) is 0 Å². The largest absolute Gasteiger partial charge is 0.385 e. The smallest absolute Gasteiger partial charge is 0.132 e. The van der Waals surface area contributed by atoms with E-state index in [4.69, 9.17) is 11.0 Å². The Morgan fingerprint density at radius 3 is 2.71 bits per heavy atom. The van der Waals surface area contributed by atoms with Crippen LogP contribution in [-0.4, -0.2) is 10.1 Å². The average molecular weight is 132 g/mol. The lowest BCUT2D eigenvalue weighted by Gasteiger charge is -1.83. The first kappa shape index (κ1) is 6.73. The van der Waals surface area contributed by atoms with E-state index in [0.717, 1.165) is 0 Å². The SMILES string of the molecule is N#CCSC(N)=S. The molecule has 0 atom stereocenters. The minimum Gasteiger partial charge on any atom is -0.385 e. The van der Waals surface area contributed by atoms with E-state index in [1.165, 1.54) is 11.8 Å². The summed E-state index contributed by atoms with van der Waals surface area (Å²) in [6.45, 7) is 0. The highest BCUT2D eigenvalue weighted by Crippen LogP contribution is 1.95. The van der Waals surface area contributed by atoms with Gasteiger partial charge in [0, 0.05) is 0 Å². The normalized spacial score (nSPS) is 7.29. The highest BCUT2D eigenvalue weighted by Gasteiger charge is 1.83. The monoisotopic (exact) mass is 132 g/mol. The van der Waals surface area contributed by atoms with Crippen LogP contribution in [0.25, 0.3) is 0 Å². The van der Waals surface area contributed by atoms with Crippen molar-refractivity contribution in [3.8, 4) is 6.07 Å². The fraction of sp³-hybridized carbons (Fsp3) is 0.333. The molecule has 2 nitrogen and oxygen atoms in total. The van der Waals surface area contributed by atoms with Crippen LogP contribution in [0.3, 0.4) is 0 Å². The van der Waals surface area contributed by atoms with Crippen molar-refractivity contribution in [3.63, 3.8) is 0 Å². The summed E-state index contributed by atoms with van der Waals surface area (Å²) in [6.07, 6.45) is 0. The number of nitrogens with two attached hydrogens (primary N) is 1. The summed E-state index contributed by atoms with van der Waals surface area (Å²) in [5, 5.41) is 7.93. The molecule has 7 heavy (non-hydrogen) atoms. The third-order valence-corrected chi connectivity index (χ3v) is 1.19. The van der Waals surface area contributed by atoms with E-state index >= 15 is 0 Å². The number of hydrogen-bond acceptors (Lipinski definition) is 3. The zero-order chi connectivity index (χ0) is 5.70. The lowest BCUT2D eigenvalue weighted by Crippen LogP contribution is -2.01. The molecule has 2 N–H and O–H groups in total. The molecule has 0 aromatic heterocycles. The standard InChI is InChI=1S/C3H4N2S2/c4-1-2-7-3(5)6/h2H2,(H2,5,6). The summed E-state index contributed by atoms with van der Waals surface area (Å²) >= 11 is 5.63. The molecule has 0 saturated carbocycles. The van der Waals surface area contributed by atoms with E-state index in [2.05, 4.69) is 12.2 Å².